The van der Waals surface area contributed by atoms with E-state index in [9.17, 15) is 5.11 Å². The van der Waals surface area contributed by atoms with Gasteiger partial charge in [-0.2, -0.15) is 4.98 Å². The SMILES string of the molecule is Oc1ccc(-c2noc(C34CC5CC(CC(C5)C3)C4)n2)cc1I. The first-order chi connectivity index (χ1) is 11.1. The van der Waals surface area contributed by atoms with E-state index in [2.05, 4.69) is 27.7 Å². The average Bonchev–Trinajstić information content (AvgIpc) is 2.99. The minimum atomic E-state index is 0.143. The predicted molar refractivity (Wildman–Crippen MR) is 94.0 cm³/mol. The Morgan fingerprint density at radius 1 is 1.09 bits per heavy atom. The summed E-state index contributed by atoms with van der Waals surface area (Å²) in [4.78, 5) is 4.78. The second-order valence-electron chi connectivity index (χ2n) is 7.79. The zero-order valence-corrected chi connectivity index (χ0v) is 15.0. The molecular weight excluding hydrogens is 403 g/mol. The maximum Gasteiger partial charge on any atom is 0.233 e. The number of hydrogen-bond acceptors (Lipinski definition) is 4. The summed E-state index contributed by atoms with van der Waals surface area (Å²) < 4.78 is 6.55. The Kier molecular flexibility index (Phi) is 3.06. The number of nitrogens with zero attached hydrogens (tertiary/aromatic N) is 2. The molecule has 1 heterocycles. The van der Waals surface area contributed by atoms with Crippen LogP contribution >= 0.6 is 22.6 Å². The summed E-state index contributed by atoms with van der Waals surface area (Å²) in [6.07, 6.45) is 7.93. The molecule has 1 aromatic heterocycles. The fourth-order valence-electron chi connectivity index (χ4n) is 5.57. The third kappa shape index (κ3) is 2.22. The monoisotopic (exact) mass is 422 g/mol. The van der Waals surface area contributed by atoms with Gasteiger partial charge in [-0.25, -0.2) is 0 Å². The van der Waals surface area contributed by atoms with Crippen molar-refractivity contribution in [2.75, 3.05) is 0 Å². The van der Waals surface area contributed by atoms with Gasteiger partial charge in [0.2, 0.25) is 11.7 Å². The van der Waals surface area contributed by atoms with Gasteiger partial charge in [0.15, 0.2) is 0 Å². The van der Waals surface area contributed by atoms with Crippen LogP contribution in [-0.2, 0) is 5.41 Å². The molecule has 0 radical (unpaired) electrons. The van der Waals surface area contributed by atoms with Gasteiger partial charge >= 0.3 is 0 Å². The summed E-state index contributed by atoms with van der Waals surface area (Å²) in [7, 11) is 0. The summed E-state index contributed by atoms with van der Waals surface area (Å²) in [5.41, 5.74) is 1.05. The van der Waals surface area contributed by atoms with Crippen LogP contribution in [0.4, 0.5) is 0 Å². The Morgan fingerprint density at radius 3 is 2.35 bits per heavy atom. The van der Waals surface area contributed by atoms with Gasteiger partial charge in [0.05, 0.1) is 8.99 Å². The molecule has 0 atom stereocenters. The third-order valence-electron chi connectivity index (χ3n) is 6.12. The molecule has 4 aliphatic carbocycles. The maximum absolute atomic E-state index is 9.68. The number of phenols is 1. The van der Waals surface area contributed by atoms with Crippen LogP contribution in [0.3, 0.4) is 0 Å². The van der Waals surface area contributed by atoms with E-state index in [1.165, 1.54) is 38.5 Å². The number of benzene rings is 1. The summed E-state index contributed by atoms with van der Waals surface area (Å²) in [5, 5.41) is 13.9. The molecule has 4 saturated carbocycles. The first-order valence-electron chi connectivity index (χ1n) is 8.44. The van der Waals surface area contributed by atoms with Crippen molar-refractivity contribution < 1.29 is 9.63 Å². The number of hydrogen-bond donors (Lipinski definition) is 1. The largest absolute Gasteiger partial charge is 0.507 e. The van der Waals surface area contributed by atoms with Gasteiger partial charge < -0.3 is 9.63 Å². The topological polar surface area (TPSA) is 59.2 Å². The van der Waals surface area contributed by atoms with E-state index in [0.717, 1.165) is 32.8 Å². The van der Waals surface area contributed by atoms with Crippen molar-refractivity contribution in [2.24, 2.45) is 17.8 Å². The lowest BCUT2D eigenvalue weighted by atomic mass is 9.49. The van der Waals surface area contributed by atoms with Crippen LogP contribution in [0.5, 0.6) is 5.75 Å². The highest BCUT2D eigenvalue weighted by molar-refractivity contribution is 14.1. The van der Waals surface area contributed by atoms with Crippen LogP contribution in [0.25, 0.3) is 11.4 Å². The highest BCUT2D eigenvalue weighted by atomic mass is 127. The average molecular weight is 422 g/mol. The fourth-order valence-corrected chi connectivity index (χ4v) is 6.09. The van der Waals surface area contributed by atoms with Crippen molar-refractivity contribution in [1.29, 1.82) is 0 Å². The van der Waals surface area contributed by atoms with Gasteiger partial charge in [-0.1, -0.05) is 5.16 Å². The minimum Gasteiger partial charge on any atom is -0.507 e. The van der Waals surface area contributed by atoms with Gasteiger partial charge in [0.25, 0.3) is 0 Å². The highest BCUT2D eigenvalue weighted by Gasteiger charge is 2.54. The number of rotatable bonds is 2. The van der Waals surface area contributed by atoms with Crippen LogP contribution in [0.2, 0.25) is 0 Å². The quantitative estimate of drug-likeness (QED) is 0.724. The summed E-state index contributed by atoms with van der Waals surface area (Å²) in [6, 6.07) is 5.45. The van der Waals surface area contributed by atoms with Crippen molar-refractivity contribution in [1.82, 2.24) is 10.1 Å². The smallest absolute Gasteiger partial charge is 0.233 e. The normalized spacial score (nSPS) is 34.9. The lowest BCUT2D eigenvalue weighted by Gasteiger charge is -2.55. The van der Waals surface area contributed by atoms with Gasteiger partial charge in [0, 0.05) is 5.56 Å². The summed E-state index contributed by atoms with van der Waals surface area (Å²) in [6.45, 7) is 0. The number of phenolic OH excluding ortho intramolecular Hbond substituents is 1. The molecule has 4 fully saturated rings. The third-order valence-corrected chi connectivity index (χ3v) is 6.99. The molecule has 2 aromatic rings. The first kappa shape index (κ1) is 14.3. The molecule has 4 bridgehead atoms. The Labute approximate surface area is 148 Å². The number of aromatic hydroxyl groups is 1. The molecule has 4 nitrogen and oxygen atoms in total. The highest BCUT2D eigenvalue weighted by Crippen LogP contribution is 2.60. The Hall–Kier alpha value is -1.11. The molecule has 120 valence electrons. The molecule has 0 unspecified atom stereocenters. The molecule has 0 spiro atoms. The van der Waals surface area contributed by atoms with Gasteiger partial charge in [-0.15, -0.1) is 0 Å². The zero-order valence-electron chi connectivity index (χ0n) is 12.8. The van der Waals surface area contributed by atoms with E-state index >= 15 is 0 Å². The molecule has 1 N–H and O–H groups in total. The molecule has 5 heteroatoms. The van der Waals surface area contributed by atoms with E-state index in [4.69, 9.17) is 9.51 Å². The van der Waals surface area contributed by atoms with Gasteiger partial charge in [0.1, 0.15) is 5.75 Å². The standard InChI is InChI=1S/C18H19IN2O2/c19-14-6-13(1-2-15(14)22)16-20-17(23-21-16)18-7-10-3-11(8-18)5-12(4-10)9-18/h1-2,6,10-12,22H,3-5,7-9H2. The Balaban J connectivity index is 1.51. The van der Waals surface area contributed by atoms with Crippen molar-refractivity contribution >= 4 is 22.6 Å². The summed E-state index contributed by atoms with van der Waals surface area (Å²) >= 11 is 2.12. The van der Waals surface area contributed by atoms with Crippen LogP contribution < -0.4 is 0 Å². The molecule has 6 rings (SSSR count). The predicted octanol–water partition coefficient (Wildman–Crippen LogP) is 4.51. The van der Waals surface area contributed by atoms with Gasteiger partial charge in [-0.3, -0.25) is 0 Å². The molecule has 23 heavy (non-hydrogen) atoms. The van der Waals surface area contributed by atoms with Crippen LogP contribution in [0.15, 0.2) is 22.7 Å². The molecule has 0 amide bonds. The molecular formula is C18H19IN2O2. The van der Waals surface area contributed by atoms with Gasteiger partial charge in [-0.05, 0) is 97.1 Å². The second-order valence-corrected chi connectivity index (χ2v) is 8.95. The van der Waals surface area contributed by atoms with E-state index in [1.807, 2.05) is 12.1 Å². The maximum atomic E-state index is 9.68. The van der Waals surface area contributed by atoms with E-state index in [0.29, 0.717) is 11.6 Å². The van der Waals surface area contributed by atoms with E-state index in [1.54, 1.807) is 6.07 Å². The Morgan fingerprint density at radius 2 is 1.74 bits per heavy atom. The minimum absolute atomic E-state index is 0.143. The van der Waals surface area contributed by atoms with Crippen LogP contribution in [-0.4, -0.2) is 15.2 Å². The number of aromatic nitrogens is 2. The Bertz CT molecular complexity index is 735. The second kappa shape index (κ2) is 4.94. The van der Waals surface area contributed by atoms with E-state index < -0.39 is 0 Å². The van der Waals surface area contributed by atoms with Crippen molar-refractivity contribution in [3.63, 3.8) is 0 Å². The molecule has 4 aliphatic rings. The van der Waals surface area contributed by atoms with Crippen molar-refractivity contribution in [3.8, 4) is 17.1 Å². The van der Waals surface area contributed by atoms with Crippen LogP contribution in [0.1, 0.15) is 44.4 Å². The molecule has 0 aliphatic heterocycles. The zero-order chi connectivity index (χ0) is 15.6. The lowest BCUT2D eigenvalue weighted by molar-refractivity contribution is -0.0201. The number of halogens is 1. The van der Waals surface area contributed by atoms with Crippen molar-refractivity contribution in [2.45, 2.75) is 43.9 Å². The van der Waals surface area contributed by atoms with Crippen molar-refractivity contribution in [3.05, 3.63) is 27.7 Å². The fraction of sp³-hybridized carbons (Fsp3) is 0.556. The lowest BCUT2D eigenvalue weighted by Crippen LogP contribution is -2.48. The summed E-state index contributed by atoms with van der Waals surface area (Å²) in [5.74, 6) is 4.39. The molecule has 0 saturated heterocycles. The van der Waals surface area contributed by atoms with E-state index in [-0.39, 0.29) is 5.41 Å². The molecule has 1 aromatic carbocycles. The first-order valence-corrected chi connectivity index (χ1v) is 9.52. The van der Waals surface area contributed by atoms with Crippen LogP contribution in [0, 0.1) is 21.3 Å².